The van der Waals surface area contributed by atoms with E-state index in [1.807, 2.05) is 6.07 Å². The molecule has 0 unspecified atom stereocenters. The fourth-order valence-electron chi connectivity index (χ4n) is 2.29. The Hall–Kier alpha value is -1.01. The molecule has 0 aromatic heterocycles. The Morgan fingerprint density at radius 3 is 2.54 bits per heavy atom. The summed E-state index contributed by atoms with van der Waals surface area (Å²) in [6.07, 6.45) is -3.13. The van der Waals surface area contributed by atoms with Crippen LogP contribution in [0.25, 0.3) is 0 Å². The molecule has 8 nitrogen and oxygen atoms in total. The summed E-state index contributed by atoms with van der Waals surface area (Å²) in [6, 6.07) is 8.92. The minimum atomic E-state index is -4.59. The largest absolute Gasteiger partial charge is 0.394 e. The van der Waals surface area contributed by atoms with Crippen molar-refractivity contribution in [1.82, 2.24) is 0 Å². The zero-order chi connectivity index (χ0) is 17.7. The van der Waals surface area contributed by atoms with Crippen LogP contribution >= 0.6 is 11.8 Å². The second kappa shape index (κ2) is 8.39. The normalized spacial score (nSPS) is 28.8. The Kier molecular flexibility index (Phi) is 6.75. The van der Waals surface area contributed by atoms with Crippen LogP contribution in [0.3, 0.4) is 0 Å². The highest BCUT2D eigenvalue weighted by molar-refractivity contribution is 8.14. The predicted octanol–water partition coefficient (Wildman–Crippen LogP) is -0.00730. The molecule has 4 atom stereocenters. The molecule has 24 heavy (non-hydrogen) atoms. The number of rotatable bonds is 5. The van der Waals surface area contributed by atoms with Crippen molar-refractivity contribution in [3.05, 3.63) is 35.9 Å². The molecule has 1 aliphatic rings. The van der Waals surface area contributed by atoms with Crippen LogP contribution in [0, 0.1) is 0 Å². The first-order valence-electron chi connectivity index (χ1n) is 7.18. The minimum absolute atomic E-state index is 0.0294. The Morgan fingerprint density at radius 1 is 1.29 bits per heavy atom. The predicted molar refractivity (Wildman–Crippen MR) is 89.1 cm³/mol. The van der Waals surface area contributed by atoms with Gasteiger partial charge in [0.1, 0.15) is 17.6 Å². The van der Waals surface area contributed by atoms with Crippen molar-refractivity contribution in [2.45, 2.75) is 36.6 Å². The van der Waals surface area contributed by atoms with Crippen LogP contribution in [0.15, 0.2) is 34.7 Å². The van der Waals surface area contributed by atoms with Gasteiger partial charge in [-0.05, 0) is 5.56 Å². The first kappa shape index (κ1) is 19.3. The number of ether oxygens (including phenoxy) is 1. The summed E-state index contributed by atoms with van der Waals surface area (Å²) in [4.78, 5) is 0. The van der Waals surface area contributed by atoms with Crippen LogP contribution in [0.2, 0.25) is 0 Å². The summed E-state index contributed by atoms with van der Waals surface area (Å²) in [5, 5.41) is 28.8. The van der Waals surface area contributed by atoms with Gasteiger partial charge in [0, 0.05) is 12.8 Å². The number of nitrogens with zero attached hydrogens (tertiary/aromatic N) is 1. The highest BCUT2D eigenvalue weighted by Gasteiger charge is 2.37. The number of thioether (sulfide) groups is 1. The second-order valence-electron chi connectivity index (χ2n) is 5.29. The molecule has 10 heteroatoms. The number of hydrogen-bond donors (Lipinski definition) is 4. The van der Waals surface area contributed by atoms with Crippen LogP contribution in [-0.4, -0.2) is 63.7 Å². The summed E-state index contributed by atoms with van der Waals surface area (Å²) in [5.41, 5.74) is 0.0623. The Balaban J connectivity index is 2.15. The average molecular weight is 377 g/mol. The summed E-state index contributed by atoms with van der Waals surface area (Å²) in [6.45, 7) is -0.487. The molecule has 1 aromatic carbocycles. The zero-order valence-corrected chi connectivity index (χ0v) is 14.2. The maximum absolute atomic E-state index is 11.1. The van der Waals surface area contributed by atoms with Gasteiger partial charge in [-0.3, -0.25) is 4.55 Å². The van der Waals surface area contributed by atoms with Crippen molar-refractivity contribution in [2.75, 3.05) is 6.61 Å². The van der Waals surface area contributed by atoms with Gasteiger partial charge >= 0.3 is 10.3 Å². The van der Waals surface area contributed by atoms with Gasteiger partial charge in [-0.2, -0.15) is 8.42 Å². The number of hydrogen-bond acceptors (Lipinski definition) is 7. The van der Waals surface area contributed by atoms with E-state index in [-0.39, 0.29) is 17.9 Å². The van der Waals surface area contributed by atoms with Gasteiger partial charge in [-0.15, -0.1) is 4.40 Å². The third-order valence-electron chi connectivity index (χ3n) is 3.40. The van der Waals surface area contributed by atoms with Crippen molar-refractivity contribution >= 4 is 27.1 Å². The molecule has 0 amide bonds. The van der Waals surface area contributed by atoms with E-state index >= 15 is 0 Å². The van der Waals surface area contributed by atoms with Gasteiger partial charge in [-0.25, -0.2) is 0 Å². The molecule has 0 bridgehead atoms. The topological polar surface area (TPSA) is 137 Å². The minimum Gasteiger partial charge on any atom is -0.394 e. The molecular formula is C14H19NO7S2. The van der Waals surface area contributed by atoms with Gasteiger partial charge in [0.2, 0.25) is 0 Å². The van der Waals surface area contributed by atoms with E-state index in [0.29, 0.717) is 0 Å². The quantitative estimate of drug-likeness (QED) is 0.320. The maximum Gasteiger partial charge on any atom is 0.379 e. The van der Waals surface area contributed by atoms with Gasteiger partial charge in [0.25, 0.3) is 0 Å². The molecule has 1 aliphatic heterocycles. The molecule has 134 valence electrons. The van der Waals surface area contributed by atoms with Crippen LogP contribution in [0.1, 0.15) is 12.0 Å². The fourth-order valence-corrected chi connectivity index (χ4v) is 4.11. The van der Waals surface area contributed by atoms with Gasteiger partial charge < -0.3 is 20.1 Å². The van der Waals surface area contributed by atoms with Crippen molar-refractivity contribution < 1.29 is 33.0 Å². The van der Waals surface area contributed by atoms with Gasteiger partial charge in [0.05, 0.1) is 17.8 Å². The number of benzene rings is 1. The Labute approximate surface area is 144 Å². The smallest absolute Gasteiger partial charge is 0.379 e. The van der Waals surface area contributed by atoms with E-state index in [1.54, 1.807) is 24.3 Å². The first-order valence-corrected chi connectivity index (χ1v) is 9.45. The van der Waals surface area contributed by atoms with E-state index in [4.69, 9.17) is 9.29 Å². The lowest BCUT2D eigenvalue weighted by Gasteiger charge is -2.36. The zero-order valence-electron chi connectivity index (χ0n) is 12.6. The van der Waals surface area contributed by atoms with Crippen molar-refractivity contribution in [1.29, 1.82) is 0 Å². The molecule has 0 saturated carbocycles. The third-order valence-corrected chi connectivity index (χ3v) is 5.04. The number of aliphatic hydroxyl groups is 3. The van der Waals surface area contributed by atoms with Crippen molar-refractivity contribution in [3.63, 3.8) is 0 Å². The summed E-state index contributed by atoms with van der Waals surface area (Å²) in [7, 11) is -4.59. The van der Waals surface area contributed by atoms with Crippen molar-refractivity contribution in [3.8, 4) is 0 Å². The lowest BCUT2D eigenvalue weighted by Crippen LogP contribution is -2.49. The van der Waals surface area contributed by atoms with E-state index in [9.17, 15) is 23.7 Å². The molecule has 0 spiro atoms. The fraction of sp³-hybridized carbons (Fsp3) is 0.500. The molecular weight excluding hydrogens is 358 g/mol. The maximum atomic E-state index is 11.1. The number of aliphatic hydroxyl groups excluding tert-OH is 3. The average Bonchev–Trinajstić information content (AvgIpc) is 2.50. The third kappa shape index (κ3) is 5.81. The van der Waals surface area contributed by atoms with Gasteiger partial charge in [0.15, 0.2) is 0 Å². The molecule has 1 saturated heterocycles. The molecule has 1 aromatic rings. The lowest BCUT2D eigenvalue weighted by molar-refractivity contribution is -0.156. The van der Waals surface area contributed by atoms with Crippen LogP contribution < -0.4 is 0 Å². The monoisotopic (exact) mass is 377 g/mol. The molecule has 1 heterocycles. The second-order valence-corrected chi connectivity index (χ2v) is 7.60. The molecule has 4 N–H and O–H groups in total. The van der Waals surface area contributed by atoms with Gasteiger partial charge in [-0.1, -0.05) is 42.1 Å². The molecule has 2 rings (SSSR count). The molecule has 0 radical (unpaired) electrons. The summed E-state index contributed by atoms with van der Waals surface area (Å²) >= 11 is 0.919. The lowest BCUT2D eigenvalue weighted by atomic mass is 10.0. The molecule has 0 aliphatic carbocycles. The van der Waals surface area contributed by atoms with E-state index in [1.165, 1.54) is 0 Å². The Morgan fingerprint density at radius 2 is 1.96 bits per heavy atom. The highest BCUT2D eigenvalue weighted by Crippen LogP contribution is 2.30. The van der Waals surface area contributed by atoms with E-state index in [2.05, 4.69) is 4.40 Å². The SMILES string of the molecule is O=S(=O)(O)N=C(Cc1ccccc1)S[C@H]1C[C@@H](O)[C@H](O)[C@@H](CO)O1. The van der Waals surface area contributed by atoms with Crippen molar-refractivity contribution in [2.24, 2.45) is 4.40 Å². The summed E-state index contributed by atoms with van der Waals surface area (Å²) in [5.74, 6) is 0. The molecule has 1 fully saturated rings. The standard InChI is InChI=1S/C14H19NO7S2/c16-8-11-14(18)10(17)7-13(22-11)23-12(15-24(19,20)21)6-9-4-2-1-3-5-9/h1-5,10-11,13-14,16-18H,6-8H2,(H,19,20,21)/t10-,11-,13+,14+/m1/s1. The summed E-state index contributed by atoms with van der Waals surface area (Å²) < 4.78 is 39.9. The van der Waals surface area contributed by atoms with Crippen LogP contribution in [0.5, 0.6) is 0 Å². The van der Waals surface area contributed by atoms with E-state index < -0.39 is 40.7 Å². The highest BCUT2D eigenvalue weighted by atomic mass is 32.2. The van der Waals surface area contributed by atoms with Crippen LogP contribution in [0.4, 0.5) is 0 Å². The first-order chi connectivity index (χ1) is 11.3. The van der Waals surface area contributed by atoms with Crippen LogP contribution in [-0.2, 0) is 21.5 Å². The van der Waals surface area contributed by atoms with E-state index in [0.717, 1.165) is 17.3 Å². The Bertz CT molecular complexity index is 665.